The Balaban J connectivity index is 2.49. The lowest BCUT2D eigenvalue weighted by Gasteiger charge is -2.11. The summed E-state index contributed by atoms with van der Waals surface area (Å²) in [5.41, 5.74) is 0. The molecule has 0 saturated carbocycles. The van der Waals surface area contributed by atoms with Crippen LogP contribution in [0.3, 0.4) is 0 Å². The van der Waals surface area contributed by atoms with Gasteiger partial charge in [-0.15, -0.1) is 0 Å². The predicted octanol–water partition coefficient (Wildman–Crippen LogP) is -0.155. The number of aliphatic hydroxyl groups is 1. The number of carbonyl (C=O) groups excluding carboxylic acids is 1. The molecule has 1 amide bonds. The molecule has 0 unspecified atom stereocenters. The van der Waals surface area contributed by atoms with Crippen LogP contribution in [0, 0.1) is 5.92 Å². The fourth-order valence-corrected chi connectivity index (χ4v) is 1.22. The van der Waals surface area contributed by atoms with E-state index in [1.165, 1.54) is 0 Å². The molecule has 1 heterocycles. The molecule has 1 N–H and O–H groups in total. The molecular formula is C7H13NO2. The number of amides is 1. The Morgan fingerprint density at radius 2 is 2.40 bits per heavy atom. The number of rotatable bonds is 1. The molecule has 1 saturated heterocycles. The molecule has 58 valence electrons. The molecule has 3 heteroatoms. The van der Waals surface area contributed by atoms with Crippen LogP contribution in [0.25, 0.3) is 0 Å². The van der Waals surface area contributed by atoms with E-state index in [4.69, 9.17) is 5.11 Å². The van der Waals surface area contributed by atoms with Crippen molar-refractivity contribution in [2.24, 2.45) is 5.92 Å². The number of hydrogen-bond donors (Lipinski definition) is 1. The van der Waals surface area contributed by atoms with Crippen LogP contribution in [-0.2, 0) is 4.79 Å². The van der Waals surface area contributed by atoms with Gasteiger partial charge in [-0.3, -0.25) is 4.79 Å². The van der Waals surface area contributed by atoms with Crippen LogP contribution in [0.15, 0.2) is 0 Å². The van der Waals surface area contributed by atoms with Crippen molar-refractivity contribution in [1.29, 1.82) is 0 Å². The summed E-state index contributed by atoms with van der Waals surface area (Å²) < 4.78 is 0. The molecule has 0 spiro atoms. The van der Waals surface area contributed by atoms with Gasteiger partial charge in [-0.05, 0) is 6.92 Å². The van der Waals surface area contributed by atoms with E-state index < -0.39 is 0 Å². The monoisotopic (exact) mass is 143 g/mol. The molecule has 0 aromatic heterocycles. The molecular weight excluding hydrogens is 130 g/mol. The Kier molecular flexibility index (Phi) is 1.94. The maximum Gasteiger partial charge on any atom is 0.222 e. The lowest BCUT2D eigenvalue weighted by atomic mass is 10.0. The maximum atomic E-state index is 10.9. The van der Waals surface area contributed by atoms with Gasteiger partial charge >= 0.3 is 0 Å². The molecule has 0 bridgehead atoms. The zero-order valence-electron chi connectivity index (χ0n) is 6.37. The van der Waals surface area contributed by atoms with Gasteiger partial charge in [-0.1, -0.05) is 0 Å². The normalized spacial score (nSPS) is 29.3. The predicted molar refractivity (Wildman–Crippen MR) is 37.4 cm³/mol. The summed E-state index contributed by atoms with van der Waals surface area (Å²) in [6.45, 7) is 2.44. The summed E-state index contributed by atoms with van der Waals surface area (Å²) in [5.74, 6) is 0.295. The van der Waals surface area contributed by atoms with Crippen LogP contribution in [0.5, 0.6) is 0 Å². The Morgan fingerprint density at radius 3 is 2.60 bits per heavy atom. The summed E-state index contributed by atoms with van der Waals surface area (Å²) in [5, 5.41) is 9.11. The van der Waals surface area contributed by atoms with E-state index in [2.05, 4.69) is 0 Å². The first-order valence-electron chi connectivity index (χ1n) is 3.53. The molecule has 2 atom stereocenters. The molecule has 0 aromatic rings. The highest BCUT2D eigenvalue weighted by Gasteiger charge is 2.29. The average molecular weight is 143 g/mol. The SMILES string of the molecule is C[C@@H](O)[C@@H]1CC(=O)N(C)C1. The second kappa shape index (κ2) is 2.58. The van der Waals surface area contributed by atoms with Crippen molar-refractivity contribution in [2.75, 3.05) is 13.6 Å². The number of likely N-dealkylation sites (tertiary alicyclic amines) is 1. The Labute approximate surface area is 60.6 Å². The number of carbonyl (C=O) groups is 1. The molecule has 0 aliphatic carbocycles. The van der Waals surface area contributed by atoms with Crippen molar-refractivity contribution in [3.63, 3.8) is 0 Å². The second-order valence-corrected chi connectivity index (χ2v) is 2.98. The Hall–Kier alpha value is -0.570. The van der Waals surface area contributed by atoms with Gasteiger partial charge in [0.1, 0.15) is 0 Å². The van der Waals surface area contributed by atoms with Gasteiger partial charge in [0.05, 0.1) is 6.10 Å². The van der Waals surface area contributed by atoms with Crippen LogP contribution in [0.4, 0.5) is 0 Å². The highest BCUT2D eigenvalue weighted by atomic mass is 16.3. The quantitative estimate of drug-likeness (QED) is 0.554. The highest BCUT2D eigenvalue weighted by Crippen LogP contribution is 2.18. The first-order valence-corrected chi connectivity index (χ1v) is 3.53. The highest BCUT2D eigenvalue weighted by molar-refractivity contribution is 5.78. The standard InChI is InChI=1S/C7H13NO2/c1-5(9)6-3-7(10)8(2)4-6/h5-6,9H,3-4H2,1-2H3/t5-,6-/m1/s1. The zero-order chi connectivity index (χ0) is 7.72. The minimum absolute atomic E-state index is 0.144. The first-order chi connectivity index (χ1) is 4.61. The fraction of sp³-hybridized carbons (Fsp3) is 0.857. The molecule has 1 aliphatic heterocycles. The smallest absolute Gasteiger partial charge is 0.222 e. The fourth-order valence-electron chi connectivity index (χ4n) is 1.22. The summed E-state index contributed by atoms with van der Waals surface area (Å²) in [6, 6.07) is 0. The molecule has 10 heavy (non-hydrogen) atoms. The number of nitrogens with zero attached hydrogens (tertiary/aromatic N) is 1. The molecule has 1 aliphatic rings. The third-order valence-electron chi connectivity index (χ3n) is 2.05. The summed E-state index contributed by atoms with van der Waals surface area (Å²) >= 11 is 0. The van der Waals surface area contributed by atoms with E-state index in [0.717, 1.165) is 0 Å². The summed E-state index contributed by atoms with van der Waals surface area (Å²) in [7, 11) is 1.77. The third-order valence-corrected chi connectivity index (χ3v) is 2.05. The number of aliphatic hydroxyl groups excluding tert-OH is 1. The molecule has 1 fully saturated rings. The molecule has 3 nitrogen and oxygen atoms in total. The van der Waals surface area contributed by atoms with E-state index in [1.807, 2.05) is 0 Å². The van der Waals surface area contributed by atoms with Gasteiger partial charge in [0.25, 0.3) is 0 Å². The van der Waals surface area contributed by atoms with Gasteiger partial charge in [0, 0.05) is 25.9 Å². The largest absolute Gasteiger partial charge is 0.393 e. The van der Waals surface area contributed by atoms with Crippen LogP contribution >= 0.6 is 0 Å². The van der Waals surface area contributed by atoms with Gasteiger partial charge in [0.15, 0.2) is 0 Å². The van der Waals surface area contributed by atoms with Crippen LogP contribution in [0.2, 0.25) is 0 Å². The molecule has 0 aromatic carbocycles. The number of hydrogen-bond acceptors (Lipinski definition) is 2. The van der Waals surface area contributed by atoms with Gasteiger partial charge < -0.3 is 10.0 Å². The minimum atomic E-state index is -0.353. The Bertz CT molecular complexity index is 145. The van der Waals surface area contributed by atoms with Crippen molar-refractivity contribution >= 4 is 5.91 Å². The Morgan fingerprint density at radius 1 is 1.80 bits per heavy atom. The van der Waals surface area contributed by atoms with Crippen molar-refractivity contribution in [3.05, 3.63) is 0 Å². The van der Waals surface area contributed by atoms with Gasteiger partial charge in [-0.25, -0.2) is 0 Å². The lowest BCUT2D eigenvalue weighted by Crippen LogP contribution is -2.22. The average Bonchev–Trinajstić information content (AvgIpc) is 2.13. The van der Waals surface area contributed by atoms with Crippen molar-refractivity contribution in [1.82, 2.24) is 4.90 Å². The van der Waals surface area contributed by atoms with Gasteiger partial charge in [-0.2, -0.15) is 0 Å². The van der Waals surface area contributed by atoms with Crippen LogP contribution < -0.4 is 0 Å². The van der Waals surface area contributed by atoms with E-state index in [-0.39, 0.29) is 17.9 Å². The van der Waals surface area contributed by atoms with Crippen molar-refractivity contribution < 1.29 is 9.90 Å². The van der Waals surface area contributed by atoms with E-state index in [1.54, 1.807) is 18.9 Å². The van der Waals surface area contributed by atoms with E-state index >= 15 is 0 Å². The maximum absolute atomic E-state index is 10.9. The molecule has 0 radical (unpaired) electrons. The van der Waals surface area contributed by atoms with E-state index in [0.29, 0.717) is 13.0 Å². The lowest BCUT2D eigenvalue weighted by molar-refractivity contribution is -0.126. The van der Waals surface area contributed by atoms with Crippen molar-refractivity contribution in [2.45, 2.75) is 19.4 Å². The van der Waals surface area contributed by atoms with E-state index in [9.17, 15) is 4.79 Å². The van der Waals surface area contributed by atoms with Crippen LogP contribution in [-0.4, -0.2) is 35.6 Å². The first kappa shape index (κ1) is 7.54. The third kappa shape index (κ3) is 1.29. The minimum Gasteiger partial charge on any atom is -0.393 e. The summed E-state index contributed by atoms with van der Waals surface area (Å²) in [6.07, 6.45) is 0.155. The zero-order valence-corrected chi connectivity index (χ0v) is 6.37. The summed E-state index contributed by atoms with van der Waals surface area (Å²) in [4.78, 5) is 12.6. The van der Waals surface area contributed by atoms with Gasteiger partial charge in [0.2, 0.25) is 5.91 Å². The van der Waals surface area contributed by atoms with Crippen LogP contribution in [0.1, 0.15) is 13.3 Å². The van der Waals surface area contributed by atoms with Crippen molar-refractivity contribution in [3.8, 4) is 0 Å². The molecule has 1 rings (SSSR count). The second-order valence-electron chi connectivity index (χ2n) is 2.98. The topological polar surface area (TPSA) is 40.5 Å².